The van der Waals surface area contributed by atoms with Gasteiger partial charge in [0.2, 0.25) is 5.96 Å². The fourth-order valence-corrected chi connectivity index (χ4v) is 2.97. The van der Waals surface area contributed by atoms with Crippen LogP contribution in [-0.2, 0) is 4.74 Å². The van der Waals surface area contributed by atoms with E-state index in [9.17, 15) is 0 Å². The Bertz CT molecular complexity index is 283. The number of hydrogen-bond donors (Lipinski definition) is 2. The Labute approximate surface area is 116 Å². The van der Waals surface area contributed by atoms with Gasteiger partial charge < -0.3 is 9.64 Å². The molecule has 0 bridgehead atoms. The molecule has 0 aromatic carbocycles. The summed E-state index contributed by atoms with van der Waals surface area (Å²) < 4.78 is 5.77. The molecule has 0 radical (unpaired) electrons. The van der Waals surface area contributed by atoms with Crippen LogP contribution in [0, 0.1) is 0 Å². The van der Waals surface area contributed by atoms with Crippen LogP contribution in [0.5, 0.6) is 0 Å². The van der Waals surface area contributed by atoms with Gasteiger partial charge in [-0.25, -0.2) is 10.8 Å². The smallest absolute Gasteiger partial charge is 0.208 e. The van der Waals surface area contributed by atoms with Gasteiger partial charge in [0.05, 0.1) is 12.1 Å². The zero-order valence-corrected chi connectivity index (χ0v) is 12.1. The number of likely N-dealkylation sites (N-methyl/N-ethyl adjacent to an activating group) is 1. The fraction of sp³-hybridized carbons (Fsp3) is 0.929. The summed E-state index contributed by atoms with van der Waals surface area (Å²) in [6, 6.07) is 0.439. The molecule has 1 saturated heterocycles. The third-order valence-electron chi connectivity index (χ3n) is 4.12. The zero-order valence-electron chi connectivity index (χ0n) is 12.1. The van der Waals surface area contributed by atoms with Crippen molar-refractivity contribution in [1.29, 1.82) is 0 Å². The highest BCUT2D eigenvalue weighted by atomic mass is 16.5. The third kappa shape index (κ3) is 4.66. The van der Waals surface area contributed by atoms with E-state index in [1.165, 1.54) is 44.9 Å². The molecule has 5 nitrogen and oxygen atoms in total. The number of rotatable bonds is 3. The second-order valence-electron chi connectivity index (χ2n) is 5.76. The summed E-state index contributed by atoms with van der Waals surface area (Å²) >= 11 is 0. The summed E-state index contributed by atoms with van der Waals surface area (Å²) in [5.74, 6) is 6.44. The van der Waals surface area contributed by atoms with Crippen molar-refractivity contribution in [2.24, 2.45) is 10.8 Å². The van der Waals surface area contributed by atoms with Crippen molar-refractivity contribution in [1.82, 2.24) is 10.3 Å². The summed E-state index contributed by atoms with van der Waals surface area (Å²) in [6.45, 7) is 1.76. The van der Waals surface area contributed by atoms with Crippen LogP contribution in [0.15, 0.2) is 4.99 Å². The Morgan fingerprint density at radius 2 is 1.95 bits per heavy atom. The first-order valence-electron chi connectivity index (χ1n) is 7.66. The predicted molar refractivity (Wildman–Crippen MR) is 77.9 cm³/mol. The van der Waals surface area contributed by atoms with E-state index >= 15 is 0 Å². The second kappa shape index (κ2) is 7.70. The highest BCUT2D eigenvalue weighted by Gasteiger charge is 2.19. The molecule has 1 aliphatic heterocycles. The number of aliphatic imine (C=N–C) groups is 1. The number of ether oxygens (including phenoxy) is 1. The van der Waals surface area contributed by atoms with E-state index in [0.29, 0.717) is 12.1 Å². The SMILES string of the molecule is CN(CC1CCCCO1)C(=NC1CCCCC1)NN. The van der Waals surface area contributed by atoms with Crippen molar-refractivity contribution in [3.05, 3.63) is 0 Å². The molecule has 5 heteroatoms. The first-order chi connectivity index (χ1) is 9.29. The average molecular weight is 268 g/mol. The molecule has 2 aliphatic rings. The molecule has 3 N–H and O–H groups in total. The maximum atomic E-state index is 5.77. The Morgan fingerprint density at radius 1 is 1.21 bits per heavy atom. The van der Waals surface area contributed by atoms with Gasteiger partial charge in [-0.3, -0.25) is 5.43 Å². The number of nitrogens with one attached hydrogen (secondary N) is 1. The first kappa shape index (κ1) is 14.6. The Balaban J connectivity index is 1.85. The van der Waals surface area contributed by atoms with E-state index in [2.05, 4.69) is 10.3 Å². The van der Waals surface area contributed by atoms with Gasteiger partial charge in [0, 0.05) is 20.2 Å². The van der Waals surface area contributed by atoms with Gasteiger partial charge in [-0.05, 0) is 32.1 Å². The molecule has 0 spiro atoms. The van der Waals surface area contributed by atoms with Crippen molar-refractivity contribution < 1.29 is 4.74 Å². The van der Waals surface area contributed by atoms with Gasteiger partial charge in [0.25, 0.3) is 0 Å². The summed E-state index contributed by atoms with van der Waals surface area (Å²) in [6.07, 6.45) is 10.3. The van der Waals surface area contributed by atoms with Crippen LogP contribution in [0.25, 0.3) is 0 Å². The Kier molecular flexibility index (Phi) is 5.92. The van der Waals surface area contributed by atoms with Gasteiger partial charge in [-0.15, -0.1) is 0 Å². The lowest BCUT2D eigenvalue weighted by Gasteiger charge is -2.30. The molecule has 2 rings (SSSR count). The molecular formula is C14H28N4O. The predicted octanol–water partition coefficient (Wildman–Crippen LogP) is 1.64. The molecule has 2 fully saturated rings. The molecule has 1 heterocycles. The highest BCUT2D eigenvalue weighted by molar-refractivity contribution is 5.79. The van der Waals surface area contributed by atoms with Crippen molar-refractivity contribution >= 4 is 5.96 Å². The summed E-state index contributed by atoms with van der Waals surface area (Å²) in [5.41, 5.74) is 2.76. The monoisotopic (exact) mass is 268 g/mol. The van der Waals surface area contributed by atoms with Crippen molar-refractivity contribution in [3.8, 4) is 0 Å². The lowest BCUT2D eigenvalue weighted by Crippen LogP contribution is -2.47. The Hall–Kier alpha value is -0.810. The minimum Gasteiger partial charge on any atom is -0.376 e. The molecule has 0 amide bonds. The Morgan fingerprint density at radius 3 is 2.58 bits per heavy atom. The van der Waals surface area contributed by atoms with Crippen LogP contribution in [0.3, 0.4) is 0 Å². The van der Waals surface area contributed by atoms with Crippen molar-refractivity contribution in [2.75, 3.05) is 20.2 Å². The van der Waals surface area contributed by atoms with Crippen LogP contribution in [-0.4, -0.2) is 43.2 Å². The fourth-order valence-electron chi connectivity index (χ4n) is 2.97. The standard InChI is InChI=1S/C14H28N4O/c1-18(11-13-9-5-6-10-19-13)14(17-15)16-12-7-3-2-4-8-12/h12-13H,2-11,15H2,1H3,(H,16,17). The van der Waals surface area contributed by atoms with Crippen molar-refractivity contribution in [2.45, 2.75) is 63.5 Å². The molecule has 0 aromatic heterocycles. The number of nitrogens with zero attached hydrogens (tertiary/aromatic N) is 2. The van der Waals surface area contributed by atoms with Crippen LogP contribution >= 0.6 is 0 Å². The molecular weight excluding hydrogens is 240 g/mol. The summed E-state index contributed by atoms with van der Waals surface area (Å²) in [7, 11) is 2.04. The topological polar surface area (TPSA) is 62.9 Å². The molecule has 19 heavy (non-hydrogen) atoms. The number of hydrogen-bond acceptors (Lipinski definition) is 3. The van der Waals surface area contributed by atoms with E-state index < -0.39 is 0 Å². The van der Waals surface area contributed by atoms with Crippen LogP contribution < -0.4 is 11.3 Å². The molecule has 1 saturated carbocycles. The maximum absolute atomic E-state index is 5.77. The second-order valence-corrected chi connectivity index (χ2v) is 5.76. The van der Waals surface area contributed by atoms with Gasteiger partial charge >= 0.3 is 0 Å². The molecule has 1 atom stereocenters. The molecule has 110 valence electrons. The van der Waals surface area contributed by atoms with Crippen LogP contribution in [0.2, 0.25) is 0 Å². The lowest BCUT2D eigenvalue weighted by molar-refractivity contribution is 0.00671. The van der Waals surface area contributed by atoms with Crippen molar-refractivity contribution in [3.63, 3.8) is 0 Å². The number of hydrazine groups is 1. The first-order valence-corrected chi connectivity index (χ1v) is 7.66. The highest BCUT2D eigenvalue weighted by Crippen LogP contribution is 2.20. The van der Waals surface area contributed by atoms with E-state index in [0.717, 1.165) is 25.5 Å². The van der Waals surface area contributed by atoms with E-state index in [-0.39, 0.29) is 0 Å². The lowest BCUT2D eigenvalue weighted by atomic mass is 9.96. The summed E-state index contributed by atoms with van der Waals surface area (Å²) in [4.78, 5) is 6.87. The number of nitrogens with two attached hydrogens (primary N) is 1. The van der Waals surface area contributed by atoms with Gasteiger partial charge in [-0.2, -0.15) is 0 Å². The van der Waals surface area contributed by atoms with Gasteiger partial charge in [-0.1, -0.05) is 19.3 Å². The molecule has 1 unspecified atom stereocenters. The van der Waals surface area contributed by atoms with Crippen LogP contribution in [0.1, 0.15) is 51.4 Å². The van der Waals surface area contributed by atoms with Gasteiger partial charge in [0.1, 0.15) is 0 Å². The maximum Gasteiger partial charge on any atom is 0.208 e. The third-order valence-corrected chi connectivity index (χ3v) is 4.12. The zero-order chi connectivity index (χ0) is 13.5. The normalized spacial score (nSPS) is 26.2. The minimum absolute atomic E-state index is 0.323. The van der Waals surface area contributed by atoms with Gasteiger partial charge in [0.15, 0.2) is 0 Å². The summed E-state index contributed by atoms with van der Waals surface area (Å²) in [5, 5.41) is 0. The average Bonchev–Trinajstić information content (AvgIpc) is 2.47. The molecule has 0 aromatic rings. The molecule has 1 aliphatic carbocycles. The van der Waals surface area contributed by atoms with E-state index in [1.54, 1.807) is 0 Å². The van der Waals surface area contributed by atoms with E-state index in [4.69, 9.17) is 15.6 Å². The van der Waals surface area contributed by atoms with Crippen LogP contribution in [0.4, 0.5) is 0 Å². The largest absolute Gasteiger partial charge is 0.376 e. The number of guanidine groups is 1. The quantitative estimate of drug-likeness (QED) is 0.353. The minimum atomic E-state index is 0.323. The van der Waals surface area contributed by atoms with E-state index in [1.807, 2.05) is 7.05 Å².